The van der Waals surface area contributed by atoms with Gasteiger partial charge in [0.1, 0.15) is 5.71 Å². The molecule has 0 radical (unpaired) electrons. The minimum absolute atomic E-state index is 0.0601. The first-order chi connectivity index (χ1) is 25.6. The maximum atomic E-state index is 13.0. The van der Waals surface area contributed by atoms with Crippen molar-refractivity contribution in [2.24, 2.45) is 33.3 Å². The fraction of sp³-hybridized carbons (Fsp3) is 0.744. The van der Waals surface area contributed by atoms with Crippen LogP contribution in [0.3, 0.4) is 0 Å². The second-order valence-corrected chi connectivity index (χ2v) is 19.7. The van der Waals surface area contributed by atoms with Crippen LogP contribution in [0.5, 0.6) is 0 Å². The van der Waals surface area contributed by atoms with Crippen molar-refractivity contribution in [3.8, 4) is 0 Å². The van der Waals surface area contributed by atoms with Crippen molar-refractivity contribution in [1.82, 2.24) is 14.4 Å². The Balaban J connectivity index is 1.05. The zero-order chi connectivity index (χ0) is 37.2. The number of aromatic nitrogens is 2. The van der Waals surface area contributed by atoms with E-state index in [4.69, 9.17) is 15.1 Å². The number of sulfonamides is 1. The first-order valence-electron chi connectivity index (χ1n) is 21.3. The van der Waals surface area contributed by atoms with Gasteiger partial charge in [0.15, 0.2) is 5.82 Å². The van der Waals surface area contributed by atoms with Crippen molar-refractivity contribution in [2.75, 3.05) is 30.3 Å². The second-order valence-electron chi connectivity index (χ2n) is 17.8. The van der Waals surface area contributed by atoms with Gasteiger partial charge < -0.3 is 10.0 Å². The van der Waals surface area contributed by atoms with Crippen LogP contribution < -0.4 is 9.62 Å². The molecule has 2 N–H and O–H groups in total. The van der Waals surface area contributed by atoms with Gasteiger partial charge in [0.25, 0.3) is 0 Å². The van der Waals surface area contributed by atoms with Gasteiger partial charge in [-0.15, -0.1) is 0 Å². The van der Waals surface area contributed by atoms with Crippen LogP contribution in [0, 0.1) is 30.1 Å². The zero-order valence-corrected chi connectivity index (χ0v) is 33.9. The number of benzene rings is 1. The largest absolute Gasteiger partial charge is 0.396 e. The fourth-order valence-corrected chi connectivity index (χ4v) is 12.1. The number of anilines is 1. The van der Waals surface area contributed by atoms with Crippen LogP contribution in [0.4, 0.5) is 11.4 Å². The molecule has 4 bridgehead atoms. The standard InChI is InChI=1S/C43H66N6O3S/c1-5-6-7-8-9-10-11-12-13-14-18-53(51,52)44-28-31(3)38-29-49-42(46-38)40(41(47-49)43-25-33-21-34(26-43)23-35(22-33)27-43)45-37-24-36-20-32(4)48(16-15-17-50)39(36)19-30(37)2/h19,24,29,31-35,44,50H,5-18,20-23,25-28H2,1-4H3. The molecule has 2 aromatic rings. The highest BCUT2D eigenvalue weighted by molar-refractivity contribution is 7.89. The van der Waals surface area contributed by atoms with Crippen LogP contribution in [0.15, 0.2) is 28.4 Å². The lowest BCUT2D eigenvalue weighted by molar-refractivity contribution is -0.0113. The molecule has 53 heavy (non-hydrogen) atoms. The summed E-state index contributed by atoms with van der Waals surface area (Å²) in [6.45, 7) is 10.1. The molecule has 10 heteroatoms. The van der Waals surface area contributed by atoms with Crippen LogP contribution in [0.25, 0.3) is 0 Å². The molecule has 0 saturated heterocycles. The monoisotopic (exact) mass is 746 g/mol. The maximum Gasteiger partial charge on any atom is 0.211 e. The summed E-state index contributed by atoms with van der Waals surface area (Å²) < 4.78 is 30.8. The first-order valence-corrected chi connectivity index (χ1v) is 23.0. The van der Waals surface area contributed by atoms with Gasteiger partial charge >= 0.3 is 0 Å². The highest BCUT2D eigenvalue weighted by Crippen LogP contribution is 2.61. The van der Waals surface area contributed by atoms with Gasteiger partial charge in [-0.25, -0.2) is 27.8 Å². The highest BCUT2D eigenvalue weighted by Gasteiger charge is 2.55. The molecule has 9 nitrogen and oxygen atoms in total. The number of aliphatic hydroxyl groups excluding tert-OH is 1. The topological polar surface area (TPSA) is 112 Å². The number of hydrogen-bond acceptors (Lipinski definition) is 7. The number of aliphatic hydroxyl groups is 1. The minimum Gasteiger partial charge on any atom is -0.396 e. The second kappa shape index (κ2) is 16.7. The predicted molar refractivity (Wildman–Crippen MR) is 217 cm³/mol. The number of rotatable bonds is 20. The summed E-state index contributed by atoms with van der Waals surface area (Å²) in [6.07, 6.45) is 23.3. The van der Waals surface area contributed by atoms with Crippen LogP contribution in [-0.4, -0.2) is 66.1 Å². The number of nitrogens with one attached hydrogen (secondary N) is 1. The predicted octanol–water partition coefficient (Wildman–Crippen LogP) is 8.82. The smallest absolute Gasteiger partial charge is 0.211 e. The average Bonchev–Trinajstić information content (AvgIpc) is 3.78. The third-order valence-electron chi connectivity index (χ3n) is 13.3. The molecule has 0 spiro atoms. The van der Waals surface area contributed by atoms with Gasteiger partial charge in [0.05, 0.1) is 29.0 Å². The van der Waals surface area contributed by atoms with Crippen molar-refractivity contribution >= 4 is 32.8 Å². The number of imidazole rings is 1. The van der Waals surface area contributed by atoms with Crippen molar-refractivity contribution in [1.29, 1.82) is 0 Å². The third-order valence-corrected chi connectivity index (χ3v) is 14.7. The normalized spacial score (nSPS) is 27.2. The molecule has 1 aromatic heterocycles. The highest BCUT2D eigenvalue weighted by atomic mass is 32.2. The van der Waals surface area contributed by atoms with Gasteiger partial charge in [-0.3, -0.25) is 0 Å². The van der Waals surface area contributed by atoms with Crippen molar-refractivity contribution in [2.45, 2.75) is 155 Å². The molecule has 3 heterocycles. The lowest BCUT2D eigenvalue weighted by Crippen LogP contribution is -2.51. The summed E-state index contributed by atoms with van der Waals surface area (Å²) in [5.74, 6) is 3.25. The lowest BCUT2D eigenvalue weighted by atomic mass is 9.48. The summed E-state index contributed by atoms with van der Waals surface area (Å²) in [7, 11) is -3.35. The van der Waals surface area contributed by atoms with E-state index in [1.54, 1.807) is 0 Å². The van der Waals surface area contributed by atoms with E-state index >= 15 is 0 Å². The Labute approximate surface area is 319 Å². The van der Waals surface area contributed by atoms with Crippen LogP contribution >= 0.6 is 0 Å². The van der Waals surface area contributed by atoms with Gasteiger partial charge in [0.2, 0.25) is 10.0 Å². The molecular formula is C43H66N6O3S. The Kier molecular flexibility index (Phi) is 12.2. The van der Waals surface area contributed by atoms with Gasteiger partial charge in [-0.2, -0.15) is 5.10 Å². The molecule has 4 aliphatic carbocycles. The molecule has 1 aromatic carbocycles. The van der Waals surface area contributed by atoms with E-state index < -0.39 is 10.0 Å². The van der Waals surface area contributed by atoms with Crippen LogP contribution in [0.2, 0.25) is 0 Å². The van der Waals surface area contributed by atoms with Gasteiger partial charge in [-0.1, -0.05) is 71.6 Å². The number of nitrogens with zero attached hydrogens (tertiary/aromatic N) is 5. The van der Waals surface area contributed by atoms with Crippen LogP contribution in [0.1, 0.15) is 158 Å². The Morgan fingerprint density at radius 1 is 0.962 bits per heavy atom. The average molecular weight is 747 g/mol. The lowest BCUT2D eigenvalue weighted by Gasteiger charge is -2.56. The Bertz CT molecular complexity index is 1730. The molecule has 0 amide bonds. The Morgan fingerprint density at radius 2 is 1.60 bits per heavy atom. The molecule has 4 saturated carbocycles. The van der Waals surface area contributed by atoms with Gasteiger partial charge in [-0.05, 0) is 113 Å². The van der Waals surface area contributed by atoms with E-state index in [1.165, 1.54) is 94.7 Å². The summed E-state index contributed by atoms with van der Waals surface area (Å²) in [6, 6.07) is 4.96. The molecule has 2 unspecified atom stereocenters. The molecular weight excluding hydrogens is 681 g/mol. The van der Waals surface area contributed by atoms with E-state index in [2.05, 4.69) is 49.4 Å². The molecule has 292 valence electrons. The third kappa shape index (κ3) is 8.65. The van der Waals surface area contributed by atoms with Crippen LogP contribution in [-0.2, 0) is 16.4 Å². The summed E-state index contributed by atoms with van der Waals surface area (Å²) in [4.78, 5) is 13.1. The number of aliphatic imine (C=N–C) groups is 1. The number of fused-ring (bicyclic) bond motifs is 2. The van der Waals surface area contributed by atoms with E-state index in [0.717, 1.165) is 84.2 Å². The molecule has 6 aliphatic rings. The van der Waals surface area contributed by atoms with Gasteiger partial charge in [0, 0.05) is 42.8 Å². The van der Waals surface area contributed by atoms with E-state index in [-0.39, 0.29) is 23.7 Å². The van der Waals surface area contributed by atoms with Crippen molar-refractivity contribution in [3.63, 3.8) is 0 Å². The zero-order valence-electron chi connectivity index (χ0n) is 33.1. The minimum atomic E-state index is -3.35. The number of aryl methyl sites for hydroxylation is 1. The summed E-state index contributed by atoms with van der Waals surface area (Å²) in [5.41, 5.74) is 7.66. The Morgan fingerprint density at radius 3 is 2.25 bits per heavy atom. The first kappa shape index (κ1) is 38.7. The summed E-state index contributed by atoms with van der Waals surface area (Å²) >= 11 is 0. The van der Waals surface area contributed by atoms with Crippen molar-refractivity contribution < 1.29 is 13.5 Å². The molecule has 2 aliphatic heterocycles. The van der Waals surface area contributed by atoms with E-state index in [1.807, 2.05) is 10.9 Å². The van der Waals surface area contributed by atoms with Crippen molar-refractivity contribution in [3.05, 3.63) is 41.0 Å². The molecule has 8 rings (SSSR count). The quantitative estimate of drug-likeness (QED) is 0.132. The SMILES string of the molecule is CCCCCCCCCCCCS(=O)(=O)NCC(C)c1cn2c(n1)C(=Nc1cc3c(cc1C)N(CCCO)C(C)C3)C(C13CC4CC(CC(C4)C1)C3)=N2. The fourth-order valence-electron chi connectivity index (χ4n) is 10.8. The molecule has 2 atom stereocenters. The maximum absolute atomic E-state index is 13.0. The van der Waals surface area contributed by atoms with E-state index in [0.29, 0.717) is 19.0 Å². The summed E-state index contributed by atoms with van der Waals surface area (Å²) in [5, 5.41) is 14.9. The Hall–Kier alpha value is -2.56. The molecule has 4 fully saturated rings. The number of hydrogen-bond donors (Lipinski definition) is 2. The number of unbranched alkanes of at least 4 members (excludes halogenated alkanes) is 9. The van der Waals surface area contributed by atoms with E-state index in [9.17, 15) is 13.5 Å².